The van der Waals surface area contributed by atoms with E-state index in [4.69, 9.17) is 39.2 Å². The molecule has 0 atom stereocenters. The summed E-state index contributed by atoms with van der Waals surface area (Å²) in [5.74, 6) is 0.600. The van der Waals surface area contributed by atoms with Gasteiger partial charge in [-0.25, -0.2) is 0 Å². The molecule has 31 heavy (non-hydrogen) atoms. The number of hydrogen-bond acceptors (Lipinski definition) is 8. The van der Waals surface area contributed by atoms with Gasteiger partial charge in [-0.3, -0.25) is 9.11 Å². The predicted molar refractivity (Wildman–Crippen MR) is 125 cm³/mol. The lowest BCUT2D eigenvalue weighted by Gasteiger charge is -1.96. The van der Waals surface area contributed by atoms with Crippen molar-refractivity contribution in [3.05, 3.63) is 72.8 Å². The van der Waals surface area contributed by atoms with Gasteiger partial charge in [-0.05, 0) is 72.8 Å². The highest BCUT2D eigenvalue weighted by atomic mass is 32.3. The molecule has 0 unspecified atom stereocenters. The fourth-order valence-electron chi connectivity index (χ4n) is 1.75. The minimum absolute atomic E-state index is 0.300. The fourth-order valence-corrected chi connectivity index (χ4v) is 1.75. The molecule has 0 amide bonds. The summed E-state index contributed by atoms with van der Waals surface area (Å²) in [4.78, 5) is 0. The number of phenolic OH excluding ortho intramolecular Hbond substituents is 2. The number of anilines is 4. The highest BCUT2D eigenvalue weighted by Crippen LogP contribution is 2.13. The zero-order valence-corrected chi connectivity index (χ0v) is 17.9. The van der Waals surface area contributed by atoms with Crippen LogP contribution >= 0.6 is 0 Å². The van der Waals surface area contributed by atoms with E-state index >= 15 is 0 Å². The molecule has 0 aromatic heterocycles. The number of rotatable bonds is 2. The van der Waals surface area contributed by atoms with Gasteiger partial charge in [0.1, 0.15) is 11.5 Å². The van der Waals surface area contributed by atoms with Crippen molar-refractivity contribution in [1.82, 2.24) is 0 Å². The van der Waals surface area contributed by atoms with E-state index in [0.717, 1.165) is 22.7 Å². The van der Waals surface area contributed by atoms with Gasteiger partial charge in [-0.15, -0.1) is 0 Å². The molecule has 0 radical (unpaired) electrons. The van der Waals surface area contributed by atoms with Crippen LogP contribution in [-0.2, 0) is 10.4 Å². The summed E-state index contributed by atoms with van der Waals surface area (Å²) in [6.07, 6.45) is 0. The quantitative estimate of drug-likeness (QED) is 0.163. The second-order valence-electron chi connectivity index (χ2n) is 5.71. The molecule has 0 saturated heterocycles. The first kappa shape index (κ1) is 27.3. The number of nitrogens with one attached hydrogen (secondary N) is 2. The Morgan fingerprint density at radius 3 is 1.03 bits per heavy atom. The summed E-state index contributed by atoms with van der Waals surface area (Å²) < 4.78 is 31.6. The maximum Gasteiger partial charge on any atom is 0.394 e. The molecule has 0 bridgehead atoms. The van der Waals surface area contributed by atoms with Crippen molar-refractivity contribution in [3.63, 3.8) is 0 Å². The zero-order chi connectivity index (χ0) is 23.9. The monoisotopic (exact) mass is 452 g/mol. The summed E-state index contributed by atoms with van der Waals surface area (Å²) in [5, 5.41) is 23.5. The van der Waals surface area contributed by atoms with E-state index in [1.54, 1.807) is 48.5 Å². The molecular formula is C20H28N4O6S. The number of phenols is 2. The topological polar surface area (TPSA) is 191 Å². The van der Waals surface area contributed by atoms with Crippen LogP contribution in [0, 0.1) is 0 Å². The number of hydrogen-bond donors (Lipinski definition) is 8. The Labute approximate surface area is 181 Å². The van der Waals surface area contributed by atoms with Gasteiger partial charge >= 0.3 is 10.4 Å². The summed E-state index contributed by atoms with van der Waals surface area (Å²) in [7, 11) is -0.987. The third kappa shape index (κ3) is 16.9. The van der Waals surface area contributed by atoms with Gasteiger partial charge in [-0.2, -0.15) is 8.42 Å². The number of nitrogens with two attached hydrogens (primary N) is 2. The molecule has 0 heterocycles. The van der Waals surface area contributed by atoms with E-state index in [-0.39, 0.29) is 0 Å². The minimum atomic E-state index is -4.67. The van der Waals surface area contributed by atoms with Crippen LogP contribution in [0.25, 0.3) is 0 Å². The SMILES string of the molecule is CNc1ccc(O)cc1.CNc1ccc(O)cc1.Nc1ccc(N)cc1.O=S(=O)(O)O. The highest BCUT2D eigenvalue weighted by molar-refractivity contribution is 7.79. The van der Waals surface area contributed by atoms with Crippen molar-refractivity contribution in [3.8, 4) is 11.5 Å². The summed E-state index contributed by atoms with van der Waals surface area (Å²) in [5.41, 5.74) is 14.3. The van der Waals surface area contributed by atoms with Gasteiger partial charge in [0.2, 0.25) is 0 Å². The Kier molecular flexibility index (Phi) is 12.6. The molecular weight excluding hydrogens is 424 g/mol. The van der Waals surface area contributed by atoms with Gasteiger partial charge in [0.05, 0.1) is 0 Å². The Hall–Kier alpha value is -3.67. The minimum Gasteiger partial charge on any atom is -0.508 e. The first-order chi connectivity index (χ1) is 14.4. The van der Waals surface area contributed by atoms with Crippen LogP contribution in [-0.4, -0.2) is 41.8 Å². The van der Waals surface area contributed by atoms with Crippen LogP contribution in [0.3, 0.4) is 0 Å². The highest BCUT2D eigenvalue weighted by Gasteiger charge is 1.87. The van der Waals surface area contributed by atoms with Crippen LogP contribution in [0.2, 0.25) is 0 Å². The zero-order valence-electron chi connectivity index (χ0n) is 17.1. The molecule has 170 valence electrons. The summed E-state index contributed by atoms with van der Waals surface area (Å²) >= 11 is 0. The van der Waals surface area contributed by atoms with Crippen LogP contribution in [0.5, 0.6) is 11.5 Å². The smallest absolute Gasteiger partial charge is 0.394 e. The average molecular weight is 453 g/mol. The maximum absolute atomic E-state index is 8.82. The van der Waals surface area contributed by atoms with Crippen LogP contribution < -0.4 is 22.1 Å². The Morgan fingerprint density at radius 2 is 0.839 bits per heavy atom. The Balaban J connectivity index is 0.000000396. The lowest BCUT2D eigenvalue weighted by molar-refractivity contribution is 0.381. The first-order valence-corrected chi connectivity index (χ1v) is 10.1. The molecule has 0 aliphatic rings. The van der Waals surface area contributed by atoms with Crippen molar-refractivity contribution >= 4 is 33.1 Å². The second-order valence-corrected chi connectivity index (χ2v) is 6.60. The van der Waals surface area contributed by atoms with Crippen molar-refractivity contribution in [2.24, 2.45) is 0 Å². The lowest BCUT2D eigenvalue weighted by atomic mass is 10.3. The van der Waals surface area contributed by atoms with E-state index in [1.807, 2.05) is 38.4 Å². The van der Waals surface area contributed by atoms with Gasteiger partial charge < -0.3 is 32.3 Å². The van der Waals surface area contributed by atoms with E-state index < -0.39 is 10.4 Å². The van der Waals surface area contributed by atoms with E-state index in [2.05, 4.69) is 10.6 Å². The van der Waals surface area contributed by atoms with Gasteiger partial charge in [-0.1, -0.05) is 0 Å². The summed E-state index contributed by atoms with van der Waals surface area (Å²) in [6.45, 7) is 0. The van der Waals surface area contributed by atoms with Crippen molar-refractivity contribution in [1.29, 1.82) is 0 Å². The van der Waals surface area contributed by atoms with Gasteiger partial charge in [0.25, 0.3) is 0 Å². The summed E-state index contributed by atoms with van der Waals surface area (Å²) in [6, 6.07) is 20.9. The Bertz CT molecular complexity index is 890. The second kappa shape index (κ2) is 14.3. The lowest BCUT2D eigenvalue weighted by Crippen LogP contribution is -1.89. The number of benzene rings is 3. The van der Waals surface area contributed by atoms with Crippen molar-refractivity contribution < 1.29 is 27.7 Å². The van der Waals surface area contributed by atoms with Crippen LogP contribution in [0.15, 0.2) is 72.8 Å². The molecule has 3 aromatic carbocycles. The average Bonchev–Trinajstić information content (AvgIpc) is 2.71. The molecule has 0 aliphatic heterocycles. The van der Waals surface area contributed by atoms with Crippen LogP contribution in [0.4, 0.5) is 22.7 Å². The van der Waals surface area contributed by atoms with Crippen LogP contribution in [0.1, 0.15) is 0 Å². The molecule has 0 aliphatic carbocycles. The van der Waals surface area contributed by atoms with E-state index in [0.29, 0.717) is 11.5 Å². The standard InChI is InChI=1S/2C7H9NO.C6H8N2.H2O4S/c2*1-8-6-2-4-7(9)5-3-6;7-5-1-2-6(8)4-3-5;1-5(2,3)4/h2*2-5,8-9H,1H3;1-4H,7-8H2;(H2,1,2,3,4). The molecule has 0 fully saturated rings. The van der Waals surface area contributed by atoms with Crippen molar-refractivity contribution in [2.75, 3.05) is 36.2 Å². The molecule has 3 aromatic rings. The third-order valence-electron chi connectivity index (χ3n) is 3.25. The largest absolute Gasteiger partial charge is 0.508 e. The first-order valence-electron chi connectivity index (χ1n) is 8.69. The number of nitrogen functional groups attached to an aromatic ring is 2. The molecule has 0 spiro atoms. The normalized spacial score (nSPS) is 9.42. The fraction of sp³-hybridized carbons (Fsp3) is 0.100. The van der Waals surface area contributed by atoms with E-state index in [9.17, 15) is 0 Å². The molecule has 10 N–H and O–H groups in total. The van der Waals surface area contributed by atoms with E-state index in [1.165, 1.54) is 0 Å². The van der Waals surface area contributed by atoms with Crippen molar-refractivity contribution in [2.45, 2.75) is 0 Å². The molecule has 3 rings (SSSR count). The van der Waals surface area contributed by atoms with Gasteiger partial charge in [0, 0.05) is 36.8 Å². The maximum atomic E-state index is 8.82. The molecule has 10 nitrogen and oxygen atoms in total. The molecule has 11 heteroatoms. The Morgan fingerprint density at radius 1 is 0.613 bits per heavy atom. The predicted octanol–water partition coefficient (Wildman–Crippen LogP) is 3.07. The van der Waals surface area contributed by atoms with Gasteiger partial charge in [0.15, 0.2) is 0 Å². The number of aromatic hydroxyl groups is 2. The third-order valence-corrected chi connectivity index (χ3v) is 3.25. The molecule has 0 saturated carbocycles.